The highest BCUT2D eigenvalue weighted by Crippen LogP contribution is 2.23. The minimum Gasteiger partial charge on any atom is -0.378 e. The Kier molecular flexibility index (Phi) is 5.48. The van der Waals surface area contributed by atoms with Gasteiger partial charge in [-0.1, -0.05) is 0 Å². The first-order valence-electron chi connectivity index (χ1n) is 9.98. The van der Waals surface area contributed by atoms with E-state index in [0.717, 1.165) is 63.4 Å². The van der Waals surface area contributed by atoms with Gasteiger partial charge >= 0.3 is 6.03 Å². The number of hydrogen-bond donors (Lipinski definition) is 2. The summed E-state index contributed by atoms with van der Waals surface area (Å²) in [5.41, 5.74) is 1.98. The number of carbonyl (C=O) groups is 2. The van der Waals surface area contributed by atoms with Crippen molar-refractivity contribution in [2.75, 3.05) is 49.6 Å². The van der Waals surface area contributed by atoms with Gasteiger partial charge in [0.25, 0.3) is 0 Å². The summed E-state index contributed by atoms with van der Waals surface area (Å²) >= 11 is 0. The van der Waals surface area contributed by atoms with Crippen LogP contribution in [0.5, 0.6) is 0 Å². The van der Waals surface area contributed by atoms with Crippen molar-refractivity contribution in [3.63, 3.8) is 0 Å². The Morgan fingerprint density at radius 1 is 0.926 bits per heavy atom. The number of piperidine rings is 1. The summed E-state index contributed by atoms with van der Waals surface area (Å²) in [6, 6.07) is 8.41. The maximum Gasteiger partial charge on any atom is 0.317 e. The molecule has 3 amide bonds. The van der Waals surface area contributed by atoms with Gasteiger partial charge in [0.15, 0.2) is 0 Å². The lowest BCUT2D eigenvalue weighted by Gasteiger charge is -2.31. The third kappa shape index (κ3) is 4.71. The van der Waals surface area contributed by atoms with E-state index in [2.05, 4.69) is 15.5 Å². The highest BCUT2D eigenvalue weighted by Gasteiger charge is 2.30. The zero-order chi connectivity index (χ0) is 18.6. The fourth-order valence-electron chi connectivity index (χ4n) is 3.66. The first-order chi connectivity index (χ1) is 13.2. The molecule has 7 heteroatoms. The summed E-state index contributed by atoms with van der Waals surface area (Å²) in [5, 5.41) is 6.04. The normalized spacial score (nSPS) is 21.0. The smallest absolute Gasteiger partial charge is 0.317 e. The molecule has 1 aromatic rings. The predicted molar refractivity (Wildman–Crippen MR) is 104 cm³/mol. The number of urea groups is 1. The van der Waals surface area contributed by atoms with Crippen LogP contribution in [0.1, 0.15) is 25.7 Å². The maximum absolute atomic E-state index is 12.6. The number of ether oxygens (including phenoxy) is 1. The van der Waals surface area contributed by atoms with E-state index < -0.39 is 0 Å². The summed E-state index contributed by atoms with van der Waals surface area (Å²) < 4.78 is 5.38. The number of benzene rings is 1. The first-order valence-corrected chi connectivity index (χ1v) is 9.98. The zero-order valence-electron chi connectivity index (χ0n) is 15.7. The Hall–Kier alpha value is -2.28. The van der Waals surface area contributed by atoms with E-state index >= 15 is 0 Å². The lowest BCUT2D eigenvalue weighted by molar-refractivity contribution is -0.121. The van der Waals surface area contributed by atoms with Crippen molar-refractivity contribution in [2.24, 2.45) is 5.92 Å². The van der Waals surface area contributed by atoms with E-state index in [1.807, 2.05) is 29.2 Å². The van der Waals surface area contributed by atoms with Crippen molar-refractivity contribution >= 4 is 23.3 Å². The third-order valence-electron chi connectivity index (χ3n) is 5.57. The minimum atomic E-state index is -0.0334. The van der Waals surface area contributed by atoms with Crippen LogP contribution >= 0.6 is 0 Å². The molecule has 3 aliphatic rings. The summed E-state index contributed by atoms with van der Waals surface area (Å²) in [6.07, 6.45) is 3.62. The van der Waals surface area contributed by atoms with Gasteiger partial charge in [-0.15, -0.1) is 0 Å². The topological polar surface area (TPSA) is 73.9 Å². The third-order valence-corrected chi connectivity index (χ3v) is 5.57. The van der Waals surface area contributed by atoms with Gasteiger partial charge in [-0.3, -0.25) is 4.79 Å². The Morgan fingerprint density at radius 2 is 1.59 bits per heavy atom. The van der Waals surface area contributed by atoms with Gasteiger partial charge < -0.3 is 25.2 Å². The van der Waals surface area contributed by atoms with Gasteiger partial charge in [-0.25, -0.2) is 4.79 Å². The van der Waals surface area contributed by atoms with Crippen LogP contribution in [0, 0.1) is 5.92 Å². The molecule has 146 valence electrons. The van der Waals surface area contributed by atoms with Crippen LogP contribution in [0.3, 0.4) is 0 Å². The molecule has 0 bridgehead atoms. The SMILES string of the molecule is O=C(Nc1ccc(N2CCOCC2)cc1)C1CCN(C(=O)NC2CC2)CC1. The van der Waals surface area contributed by atoms with Crippen LogP contribution in [0.2, 0.25) is 0 Å². The molecule has 3 fully saturated rings. The minimum absolute atomic E-state index is 0.0232. The molecule has 0 atom stereocenters. The molecule has 0 unspecified atom stereocenters. The monoisotopic (exact) mass is 372 g/mol. The van der Waals surface area contributed by atoms with Crippen molar-refractivity contribution in [3.8, 4) is 0 Å². The second-order valence-corrected chi connectivity index (χ2v) is 7.62. The van der Waals surface area contributed by atoms with E-state index in [9.17, 15) is 9.59 Å². The number of anilines is 2. The molecule has 0 radical (unpaired) electrons. The van der Waals surface area contributed by atoms with Gasteiger partial charge in [0, 0.05) is 49.5 Å². The molecule has 7 nitrogen and oxygen atoms in total. The molecule has 1 aliphatic carbocycles. The van der Waals surface area contributed by atoms with Crippen molar-refractivity contribution < 1.29 is 14.3 Å². The van der Waals surface area contributed by atoms with Gasteiger partial charge in [-0.2, -0.15) is 0 Å². The molecule has 2 saturated heterocycles. The largest absolute Gasteiger partial charge is 0.378 e. The number of hydrogen-bond acceptors (Lipinski definition) is 4. The van der Waals surface area contributed by atoms with E-state index in [1.165, 1.54) is 0 Å². The summed E-state index contributed by atoms with van der Waals surface area (Å²) in [6.45, 7) is 4.61. The van der Waals surface area contributed by atoms with E-state index in [4.69, 9.17) is 4.74 Å². The van der Waals surface area contributed by atoms with E-state index in [1.54, 1.807) is 0 Å². The van der Waals surface area contributed by atoms with Crippen LogP contribution < -0.4 is 15.5 Å². The van der Waals surface area contributed by atoms with Crippen LogP contribution in [-0.4, -0.2) is 62.3 Å². The highest BCUT2D eigenvalue weighted by atomic mass is 16.5. The number of morpholine rings is 1. The second kappa shape index (κ2) is 8.17. The molecule has 2 N–H and O–H groups in total. The van der Waals surface area contributed by atoms with Crippen LogP contribution in [0.4, 0.5) is 16.2 Å². The Labute approximate surface area is 160 Å². The fourth-order valence-corrected chi connectivity index (χ4v) is 3.66. The lowest BCUT2D eigenvalue weighted by Crippen LogP contribution is -2.46. The van der Waals surface area contributed by atoms with Crippen molar-refractivity contribution in [1.82, 2.24) is 10.2 Å². The van der Waals surface area contributed by atoms with Crippen molar-refractivity contribution in [2.45, 2.75) is 31.7 Å². The zero-order valence-corrected chi connectivity index (χ0v) is 15.7. The Balaban J connectivity index is 1.24. The molecular weight excluding hydrogens is 344 g/mol. The van der Waals surface area contributed by atoms with E-state index in [0.29, 0.717) is 19.1 Å². The molecule has 4 rings (SSSR count). The van der Waals surface area contributed by atoms with Crippen LogP contribution in [-0.2, 0) is 9.53 Å². The molecular formula is C20H28N4O3. The maximum atomic E-state index is 12.6. The summed E-state index contributed by atoms with van der Waals surface area (Å²) in [5.74, 6) is 0.0188. The average molecular weight is 372 g/mol. The summed E-state index contributed by atoms with van der Waals surface area (Å²) in [4.78, 5) is 28.8. The Morgan fingerprint density at radius 3 is 2.22 bits per heavy atom. The highest BCUT2D eigenvalue weighted by molar-refractivity contribution is 5.93. The molecule has 27 heavy (non-hydrogen) atoms. The molecule has 1 aromatic carbocycles. The standard InChI is InChI=1S/C20H28N4O3/c25-19(15-7-9-24(10-8-15)20(26)22-17-1-2-17)21-16-3-5-18(6-4-16)23-11-13-27-14-12-23/h3-6,15,17H,1-2,7-14H2,(H,21,25)(H,22,26). The quantitative estimate of drug-likeness (QED) is 0.848. The average Bonchev–Trinajstić information content (AvgIpc) is 3.53. The van der Waals surface area contributed by atoms with Gasteiger partial charge in [0.1, 0.15) is 0 Å². The summed E-state index contributed by atoms with van der Waals surface area (Å²) in [7, 11) is 0. The number of rotatable bonds is 4. The second-order valence-electron chi connectivity index (χ2n) is 7.62. The van der Waals surface area contributed by atoms with Crippen molar-refractivity contribution in [3.05, 3.63) is 24.3 Å². The molecule has 2 aliphatic heterocycles. The van der Waals surface area contributed by atoms with Crippen molar-refractivity contribution in [1.29, 1.82) is 0 Å². The van der Waals surface area contributed by atoms with E-state index in [-0.39, 0.29) is 17.9 Å². The lowest BCUT2D eigenvalue weighted by atomic mass is 9.96. The van der Waals surface area contributed by atoms with Gasteiger partial charge in [0.2, 0.25) is 5.91 Å². The Bertz CT molecular complexity index is 660. The predicted octanol–water partition coefficient (Wildman–Crippen LogP) is 2.05. The fraction of sp³-hybridized carbons (Fsp3) is 0.600. The molecule has 1 saturated carbocycles. The number of nitrogens with one attached hydrogen (secondary N) is 2. The number of nitrogens with zero attached hydrogens (tertiary/aromatic N) is 2. The van der Waals surface area contributed by atoms with Gasteiger partial charge in [-0.05, 0) is 49.9 Å². The molecule has 2 heterocycles. The molecule has 0 spiro atoms. The van der Waals surface area contributed by atoms with Crippen LogP contribution in [0.15, 0.2) is 24.3 Å². The van der Waals surface area contributed by atoms with Gasteiger partial charge in [0.05, 0.1) is 13.2 Å². The number of carbonyl (C=O) groups excluding carboxylic acids is 2. The first kappa shape index (κ1) is 18.1. The van der Waals surface area contributed by atoms with Crippen LogP contribution in [0.25, 0.3) is 0 Å². The number of likely N-dealkylation sites (tertiary alicyclic amines) is 1. The molecule has 0 aromatic heterocycles. The number of amides is 3.